The molecule has 3 aromatic rings. The van der Waals surface area contributed by atoms with E-state index in [0.717, 1.165) is 48.4 Å². The van der Waals surface area contributed by atoms with Crippen LogP contribution in [0.25, 0.3) is 0 Å². The Labute approximate surface area is 232 Å². The molecule has 1 heterocycles. The Balaban J connectivity index is 1.55. The fourth-order valence-corrected chi connectivity index (χ4v) is 5.52. The molecule has 1 fully saturated rings. The molecular formula is C32H40ClN3O2. The molecule has 1 aliphatic carbocycles. The van der Waals surface area contributed by atoms with Gasteiger partial charge >= 0.3 is 0 Å². The standard InChI is InChI=1S/C32H40ClN3O2/c1-4-25-16-18-26(19-17-25)32(38)35(24(2)3)23-31(37)36(28-12-6-5-7-13-28)22-29-14-10-20-34(29)21-27-11-8-9-15-30(27)33/h8-11,14-20,24,28H,4-7,12-13,21-23H2,1-3H3. The van der Waals surface area contributed by atoms with Crippen LogP contribution in [0.2, 0.25) is 5.02 Å². The van der Waals surface area contributed by atoms with Crippen molar-refractivity contribution in [3.63, 3.8) is 0 Å². The third-order valence-corrected chi connectivity index (χ3v) is 8.06. The molecule has 0 unspecified atom stereocenters. The molecule has 38 heavy (non-hydrogen) atoms. The number of aryl methyl sites for hydroxylation is 1. The maximum Gasteiger partial charge on any atom is 0.254 e. The molecule has 0 atom stereocenters. The lowest BCUT2D eigenvalue weighted by Crippen LogP contribution is -2.49. The van der Waals surface area contributed by atoms with Crippen molar-refractivity contribution in [2.24, 2.45) is 0 Å². The highest BCUT2D eigenvalue weighted by molar-refractivity contribution is 6.31. The lowest BCUT2D eigenvalue weighted by atomic mass is 9.94. The van der Waals surface area contributed by atoms with Gasteiger partial charge in [-0.2, -0.15) is 0 Å². The summed E-state index contributed by atoms with van der Waals surface area (Å²) < 4.78 is 2.17. The van der Waals surface area contributed by atoms with E-state index in [2.05, 4.69) is 17.6 Å². The van der Waals surface area contributed by atoms with Crippen molar-refractivity contribution in [1.29, 1.82) is 0 Å². The van der Waals surface area contributed by atoms with E-state index in [1.807, 2.05) is 79.5 Å². The Morgan fingerprint density at radius 3 is 2.34 bits per heavy atom. The molecule has 1 saturated carbocycles. The van der Waals surface area contributed by atoms with Crippen LogP contribution in [0.15, 0.2) is 66.9 Å². The Kier molecular flexibility index (Phi) is 9.68. The quantitative estimate of drug-likeness (QED) is 0.282. The van der Waals surface area contributed by atoms with Gasteiger partial charge in [-0.25, -0.2) is 0 Å². The van der Waals surface area contributed by atoms with E-state index in [4.69, 9.17) is 11.6 Å². The fraction of sp³-hybridized carbons (Fsp3) is 0.438. The van der Waals surface area contributed by atoms with Crippen molar-refractivity contribution >= 4 is 23.4 Å². The van der Waals surface area contributed by atoms with Crippen molar-refractivity contribution in [2.45, 2.75) is 84.5 Å². The Morgan fingerprint density at radius 1 is 0.974 bits per heavy atom. The molecule has 0 saturated heterocycles. The average Bonchev–Trinajstić information content (AvgIpc) is 3.38. The van der Waals surface area contributed by atoms with Crippen LogP contribution in [0, 0.1) is 0 Å². The van der Waals surface area contributed by atoms with Gasteiger partial charge < -0.3 is 14.4 Å². The second-order valence-electron chi connectivity index (χ2n) is 10.6. The number of benzene rings is 2. The summed E-state index contributed by atoms with van der Waals surface area (Å²) in [6.07, 6.45) is 8.46. The summed E-state index contributed by atoms with van der Waals surface area (Å²) in [5.41, 5.74) is 3.94. The first-order chi connectivity index (χ1) is 18.4. The fourth-order valence-electron chi connectivity index (χ4n) is 5.32. The van der Waals surface area contributed by atoms with Crippen LogP contribution in [-0.2, 0) is 24.3 Å². The highest BCUT2D eigenvalue weighted by Gasteiger charge is 2.30. The van der Waals surface area contributed by atoms with E-state index in [1.165, 1.54) is 12.0 Å². The zero-order valence-electron chi connectivity index (χ0n) is 22.9. The maximum absolute atomic E-state index is 13.9. The summed E-state index contributed by atoms with van der Waals surface area (Å²) in [5, 5.41) is 0.741. The van der Waals surface area contributed by atoms with Crippen molar-refractivity contribution in [1.82, 2.24) is 14.4 Å². The van der Waals surface area contributed by atoms with Crippen LogP contribution in [0.4, 0.5) is 0 Å². The minimum atomic E-state index is -0.0957. The third kappa shape index (κ3) is 6.87. The van der Waals surface area contributed by atoms with E-state index < -0.39 is 0 Å². The number of nitrogens with zero attached hydrogens (tertiary/aromatic N) is 3. The summed E-state index contributed by atoms with van der Waals surface area (Å²) in [4.78, 5) is 31.1. The highest BCUT2D eigenvalue weighted by atomic mass is 35.5. The number of aromatic nitrogens is 1. The van der Waals surface area contributed by atoms with Crippen LogP contribution in [0.5, 0.6) is 0 Å². The van der Waals surface area contributed by atoms with Crippen LogP contribution < -0.4 is 0 Å². The summed E-state index contributed by atoms with van der Waals surface area (Å²) >= 11 is 6.44. The van der Waals surface area contributed by atoms with Gasteiger partial charge in [-0.3, -0.25) is 9.59 Å². The number of carbonyl (C=O) groups excluding carboxylic acids is 2. The summed E-state index contributed by atoms with van der Waals surface area (Å²) in [6.45, 7) is 7.30. The largest absolute Gasteiger partial charge is 0.345 e. The van der Waals surface area contributed by atoms with Gasteiger partial charge in [0.05, 0.1) is 6.54 Å². The number of hydrogen-bond donors (Lipinski definition) is 0. The van der Waals surface area contributed by atoms with Gasteiger partial charge in [0.1, 0.15) is 6.54 Å². The maximum atomic E-state index is 13.9. The topological polar surface area (TPSA) is 45.6 Å². The Bertz CT molecular complexity index is 1210. The number of amides is 2. The molecule has 0 N–H and O–H groups in total. The Morgan fingerprint density at radius 2 is 1.68 bits per heavy atom. The molecule has 202 valence electrons. The van der Waals surface area contributed by atoms with Crippen LogP contribution >= 0.6 is 11.6 Å². The number of carbonyl (C=O) groups is 2. The second-order valence-corrected chi connectivity index (χ2v) is 11.0. The number of rotatable bonds is 10. The van der Waals surface area contributed by atoms with Gasteiger partial charge in [0, 0.05) is 41.1 Å². The van der Waals surface area contributed by atoms with E-state index in [1.54, 1.807) is 4.90 Å². The van der Waals surface area contributed by atoms with Gasteiger partial charge in [-0.05, 0) is 74.6 Å². The minimum Gasteiger partial charge on any atom is -0.345 e. The molecule has 1 aromatic heterocycles. The van der Waals surface area contributed by atoms with Crippen molar-refractivity contribution < 1.29 is 9.59 Å². The van der Waals surface area contributed by atoms with Gasteiger partial charge in [0.2, 0.25) is 5.91 Å². The molecule has 4 rings (SSSR count). The lowest BCUT2D eigenvalue weighted by Gasteiger charge is -2.37. The molecule has 0 spiro atoms. The second kappa shape index (κ2) is 13.1. The molecule has 1 aliphatic rings. The van der Waals surface area contributed by atoms with Gasteiger partial charge in [0.15, 0.2) is 0 Å². The molecular weight excluding hydrogens is 494 g/mol. The van der Waals surface area contributed by atoms with Crippen LogP contribution in [-0.4, -0.2) is 44.8 Å². The van der Waals surface area contributed by atoms with E-state index in [9.17, 15) is 9.59 Å². The first-order valence-corrected chi connectivity index (χ1v) is 14.3. The number of halogens is 1. The summed E-state index contributed by atoms with van der Waals surface area (Å²) in [6, 6.07) is 19.8. The minimum absolute atomic E-state index is 0.00891. The SMILES string of the molecule is CCc1ccc(C(=O)N(CC(=O)N(Cc2cccn2Cc2ccccc2Cl)C2CCCCC2)C(C)C)cc1. The zero-order chi connectivity index (χ0) is 27.1. The average molecular weight is 534 g/mol. The van der Waals surface area contributed by atoms with Crippen LogP contribution in [0.3, 0.4) is 0 Å². The first-order valence-electron chi connectivity index (χ1n) is 13.9. The van der Waals surface area contributed by atoms with Crippen molar-refractivity contribution in [2.75, 3.05) is 6.54 Å². The van der Waals surface area contributed by atoms with Crippen molar-refractivity contribution in [3.8, 4) is 0 Å². The van der Waals surface area contributed by atoms with Gasteiger partial charge in [-0.15, -0.1) is 0 Å². The van der Waals surface area contributed by atoms with Gasteiger partial charge in [-0.1, -0.05) is 68.1 Å². The summed E-state index contributed by atoms with van der Waals surface area (Å²) in [7, 11) is 0. The predicted molar refractivity (Wildman–Crippen MR) is 154 cm³/mol. The van der Waals surface area contributed by atoms with Crippen molar-refractivity contribution in [3.05, 3.63) is 94.3 Å². The smallest absolute Gasteiger partial charge is 0.254 e. The molecule has 2 aromatic carbocycles. The zero-order valence-corrected chi connectivity index (χ0v) is 23.7. The molecule has 2 amide bonds. The number of hydrogen-bond acceptors (Lipinski definition) is 2. The van der Waals surface area contributed by atoms with E-state index in [0.29, 0.717) is 18.7 Å². The molecule has 0 radical (unpaired) electrons. The van der Waals surface area contributed by atoms with E-state index in [-0.39, 0.29) is 30.4 Å². The first kappa shape index (κ1) is 28.0. The monoisotopic (exact) mass is 533 g/mol. The third-order valence-electron chi connectivity index (χ3n) is 7.69. The molecule has 0 aliphatic heterocycles. The lowest BCUT2D eigenvalue weighted by molar-refractivity contribution is -0.136. The van der Waals surface area contributed by atoms with Crippen LogP contribution in [0.1, 0.15) is 80.1 Å². The molecule has 5 nitrogen and oxygen atoms in total. The molecule has 0 bridgehead atoms. The predicted octanol–water partition coefficient (Wildman–Crippen LogP) is 6.96. The summed E-state index contributed by atoms with van der Waals surface area (Å²) in [5.74, 6) is -0.0867. The Hall–Kier alpha value is -3.05. The van der Waals surface area contributed by atoms with Gasteiger partial charge in [0.25, 0.3) is 5.91 Å². The molecule has 6 heteroatoms. The normalized spacial score (nSPS) is 14.0. The highest BCUT2D eigenvalue weighted by Crippen LogP contribution is 2.26. The van der Waals surface area contributed by atoms with E-state index >= 15 is 0 Å².